The molecule has 0 aromatic rings. The monoisotopic (exact) mass is 306 g/mol. The molecule has 0 radical (unpaired) electrons. The molecule has 1 unspecified atom stereocenters. The predicted molar refractivity (Wildman–Crippen MR) is 78.7 cm³/mol. The van der Waals surface area contributed by atoms with Gasteiger partial charge < -0.3 is 10.9 Å². The van der Waals surface area contributed by atoms with Gasteiger partial charge in [-0.25, -0.2) is 0 Å². The maximum Gasteiger partial charge on any atom is 0.280 e. The zero-order chi connectivity index (χ0) is 15.2. The molecule has 20 heavy (non-hydrogen) atoms. The van der Waals surface area contributed by atoms with Gasteiger partial charge in [0.1, 0.15) is 0 Å². The number of rotatable bonds is 7. The fourth-order valence-corrected chi connectivity index (χ4v) is 4.19. The summed E-state index contributed by atoms with van der Waals surface area (Å²) in [5.41, 5.74) is 5.69. The van der Waals surface area contributed by atoms with E-state index in [1.54, 1.807) is 13.8 Å². The van der Waals surface area contributed by atoms with Crippen molar-refractivity contribution in [2.75, 3.05) is 13.1 Å². The molecule has 0 aliphatic heterocycles. The summed E-state index contributed by atoms with van der Waals surface area (Å²) in [6.45, 7) is 4.34. The van der Waals surface area contributed by atoms with Gasteiger partial charge in [-0.2, -0.15) is 17.4 Å². The summed E-state index contributed by atoms with van der Waals surface area (Å²) >= 11 is 0. The molecule has 0 bridgehead atoms. The Bertz CT molecular complexity index is 414. The van der Waals surface area contributed by atoms with Crippen LogP contribution < -0.4 is 10.5 Å². The lowest BCUT2D eigenvalue weighted by Crippen LogP contribution is -2.53. The van der Waals surface area contributed by atoms with Crippen LogP contribution in [0.1, 0.15) is 46.0 Å². The van der Waals surface area contributed by atoms with Gasteiger partial charge in [0.05, 0.1) is 6.04 Å². The van der Waals surface area contributed by atoms with Crippen molar-refractivity contribution in [2.45, 2.75) is 52.0 Å². The summed E-state index contributed by atoms with van der Waals surface area (Å²) in [4.78, 5) is 0. The number of hydrogen-bond donors (Lipinski definition) is 3. The summed E-state index contributed by atoms with van der Waals surface area (Å²) in [7, 11) is -3.61. The fraction of sp³-hybridized carbons (Fsp3) is 0.917. The van der Waals surface area contributed by atoms with E-state index in [9.17, 15) is 8.42 Å². The first-order valence-corrected chi connectivity index (χ1v) is 8.65. The van der Waals surface area contributed by atoms with Crippen LogP contribution in [0.4, 0.5) is 0 Å². The van der Waals surface area contributed by atoms with E-state index in [-0.39, 0.29) is 11.8 Å². The highest BCUT2D eigenvalue weighted by molar-refractivity contribution is 7.87. The Hall–Kier alpha value is -0.860. The van der Waals surface area contributed by atoms with Gasteiger partial charge in [-0.05, 0) is 18.8 Å². The van der Waals surface area contributed by atoms with Crippen molar-refractivity contribution in [1.82, 2.24) is 9.03 Å². The molecule has 1 atom stereocenters. The summed E-state index contributed by atoms with van der Waals surface area (Å²) in [6, 6.07) is -0.633. The average molecular weight is 306 g/mol. The molecule has 1 aliphatic carbocycles. The number of nitrogens with one attached hydrogen (secondary N) is 1. The average Bonchev–Trinajstić information content (AvgIpc) is 2.46. The van der Waals surface area contributed by atoms with Gasteiger partial charge in [-0.3, -0.25) is 0 Å². The van der Waals surface area contributed by atoms with E-state index >= 15 is 0 Å². The van der Waals surface area contributed by atoms with Crippen molar-refractivity contribution in [3.63, 3.8) is 0 Å². The molecule has 118 valence electrons. The van der Waals surface area contributed by atoms with Crippen LogP contribution in [0, 0.1) is 5.92 Å². The minimum atomic E-state index is -3.61. The third-order valence-electron chi connectivity index (χ3n) is 3.88. The molecule has 0 heterocycles. The fourth-order valence-electron chi connectivity index (χ4n) is 2.73. The van der Waals surface area contributed by atoms with E-state index in [2.05, 4.69) is 9.88 Å². The zero-order valence-electron chi connectivity index (χ0n) is 12.2. The summed E-state index contributed by atoms with van der Waals surface area (Å²) < 4.78 is 28.5. The second-order valence-corrected chi connectivity index (χ2v) is 6.81. The van der Waals surface area contributed by atoms with Crippen LogP contribution in [0.25, 0.3) is 0 Å². The van der Waals surface area contributed by atoms with Crippen molar-refractivity contribution in [1.29, 1.82) is 0 Å². The van der Waals surface area contributed by atoms with Gasteiger partial charge in [0.25, 0.3) is 10.2 Å². The largest absolute Gasteiger partial charge is 0.409 e. The Balaban J connectivity index is 2.89. The van der Waals surface area contributed by atoms with Crippen LogP contribution in [-0.2, 0) is 10.2 Å². The Morgan fingerprint density at radius 3 is 2.35 bits per heavy atom. The topological polar surface area (TPSA) is 108 Å². The Kier molecular flexibility index (Phi) is 6.70. The number of amidine groups is 1. The van der Waals surface area contributed by atoms with Crippen LogP contribution >= 0.6 is 0 Å². The van der Waals surface area contributed by atoms with Crippen molar-refractivity contribution in [3.05, 3.63) is 0 Å². The molecule has 1 aliphatic rings. The molecular formula is C12H26N4O3S. The quantitative estimate of drug-likeness (QED) is 0.280. The van der Waals surface area contributed by atoms with Crippen LogP contribution in [0.2, 0.25) is 0 Å². The van der Waals surface area contributed by atoms with Crippen LogP contribution in [-0.4, -0.2) is 42.9 Å². The zero-order valence-corrected chi connectivity index (χ0v) is 13.1. The molecule has 0 spiro atoms. The van der Waals surface area contributed by atoms with Crippen molar-refractivity contribution in [2.24, 2.45) is 16.8 Å². The van der Waals surface area contributed by atoms with Crippen LogP contribution in [0.3, 0.4) is 0 Å². The second-order valence-electron chi connectivity index (χ2n) is 5.11. The van der Waals surface area contributed by atoms with Gasteiger partial charge in [0, 0.05) is 13.1 Å². The lowest BCUT2D eigenvalue weighted by atomic mass is 9.84. The first-order chi connectivity index (χ1) is 9.46. The molecule has 0 amide bonds. The minimum Gasteiger partial charge on any atom is -0.409 e. The first-order valence-electron chi connectivity index (χ1n) is 7.21. The molecule has 1 fully saturated rings. The first kappa shape index (κ1) is 17.2. The molecule has 0 saturated heterocycles. The second kappa shape index (κ2) is 7.80. The van der Waals surface area contributed by atoms with E-state index in [0.717, 1.165) is 32.1 Å². The number of oxime groups is 1. The molecular weight excluding hydrogens is 280 g/mol. The van der Waals surface area contributed by atoms with Crippen molar-refractivity contribution in [3.8, 4) is 0 Å². The van der Waals surface area contributed by atoms with Gasteiger partial charge in [-0.15, -0.1) is 0 Å². The molecule has 0 aromatic carbocycles. The van der Waals surface area contributed by atoms with E-state index in [0.29, 0.717) is 13.1 Å². The standard InChI is InChI=1S/C12H26N4O3S/c1-3-16(4-2)20(18,19)15-11(12(13)14-17)10-8-6-5-7-9-10/h10-11,15,17H,3-9H2,1-2H3,(H2,13,14). The lowest BCUT2D eigenvalue weighted by Gasteiger charge is -2.31. The molecule has 1 rings (SSSR count). The smallest absolute Gasteiger partial charge is 0.280 e. The highest BCUT2D eigenvalue weighted by Crippen LogP contribution is 2.27. The molecule has 4 N–H and O–H groups in total. The number of nitrogens with zero attached hydrogens (tertiary/aromatic N) is 2. The highest BCUT2D eigenvalue weighted by atomic mass is 32.2. The third-order valence-corrected chi connectivity index (χ3v) is 5.62. The van der Waals surface area contributed by atoms with Crippen LogP contribution in [0.5, 0.6) is 0 Å². The normalized spacial score (nSPS) is 20.2. The highest BCUT2D eigenvalue weighted by Gasteiger charge is 2.32. The summed E-state index contributed by atoms with van der Waals surface area (Å²) in [5, 5.41) is 11.9. The maximum absolute atomic E-state index is 12.3. The third kappa shape index (κ3) is 4.32. The van der Waals surface area contributed by atoms with E-state index in [1.165, 1.54) is 4.31 Å². The SMILES string of the molecule is CCN(CC)S(=O)(=O)NC(/C(N)=N/O)C1CCCCC1. The van der Waals surface area contributed by atoms with Crippen molar-refractivity contribution >= 4 is 16.0 Å². The predicted octanol–water partition coefficient (Wildman–Crippen LogP) is 0.858. The number of hydrogen-bond acceptors (Lipinski definition) is 4. The summed E-state index contributed by atoms with van der Waals surface area (Å²) in [5.74, 6) is 0.0256. The van der Waals surface area contributed by atoms with E-state index in [4.69, 9.17) is 10.9 Å². The van der Waals surface area contributed by atoms with Gasteiger partial charge >= 0.3 is 0 Å². The Labute approximate surface area is 121 Å². The maximum atomic E-state index is 12.3. The van der Waals surface area contributed by atoms with Gasteiger partial charge in [0.15, 0.2) is 5.84 Å². The Morgan fingerprint density at radius 2 is 1.90 bits per heavy atom. The van der Waals surface area contributed by atoms with E-state index in [1.807, 2.05) is 0 Å². The molecule has 0 aromatic heterocycles. The molecule has 8 heteroatoms. The van der Waals surface area contributed by atoms with Gasteiger partial charge in [-0.1, -0.05) is 38.3 Å². The van der Waals surface area contributed by atoms with Crippen LogP contribution in [0.15, 0.2) is 5.16 Å². The molecule has 7 nitrogen and oxygen atoms in total. The van der Waals surface area contributed by atoms with E-state index < -0.39 is 16.3 Å². The summed E-state index contributed by atoms with van der Waals surface area (Å²) in [6.07, 6.45) is 5.03. The number of nitrogens with two attached hydrogens (primary N) is 1. The lowest BCUT2D eigenvalue weighted by molar-refractivity contribution is 0.295. The van der Waals surface area contributed by atoms with Gasteiger partial charge in [0.2, 0.25) is 0 Å². The Morgan fingerprint density at radius 1 is 1.35 bits per heavy atom. The molecule has 1 saturated carbocycles. The van der Waals surface area contributed by atoms with Crippen molar-refractivity contribution < 1.29 is 13.6 Å². The minimum absolute atomic E-state index is 0.0624.